The number of carbonyl (C=O) groups excluding carboxylic acids is 1. The van der Waals surface area contributed by atoms with Crippen molar-refractivity contribution in [2.24, 2.45) is 5.41 Å². The Morgan fingerprint density at radius 1 is 1.35 bits per heavy atom. The lowest BCUT2D eigenvalue weighted by Gasteiger charge is -2.21. The molecule has 3 rings (SSSR count). The minimum Gasteiger partial charge on any atom is -0.457 e. The van der Waals surface area contributed by atoms with E-state index in [4.69, 9.17) is 11.2 Å². The molecule has 0 bridgehead atoms. The van der Waals surface area contributed by atoms with E-state index in [1.165, 1.54) is 18.2 Å². The van der Waals surface area contributed by atoms with Crippen molar-refractivity contribution in [3.05, 3.63) is 90.1 Å². The van der Waals surface area contributed by atoms with Gasteiger partial charge in [0, 0.05) is 29.1 Å². The quantitative estimate of drug-likeness (QED) is 0.281. The first kappa shape index (κ1) is 24.5. The number of rotatable bonds is 7. The van der Waals surface area contributed by atoms with Gasteiger partial charge < -0.3 is 15.4 Å². The Kier molecular flexibility index (Phi) is 7.37. The molecule has 0 radical (unpaired) electrons. The highest BCUT2D eigenvalue weighted by Crippen LogP contribution is 2.35. The van der Waals surface area contributed by atoms with Gasteiger partial charge in [-0.3, -0.25) is 4.79 Å². The molecule has 0 saturated carbocycles. The molecular weight excluding hydrogens is 429 g/mol. The van der Waals surface area contributed by atoms with Crippen LogP contribution in [0.3, 0.4) is 0 Å². The van der Waals surface area contributed by atoms with Gasteiger partial charge in [-0.05, 0) is 63.5 Å². The van der Waals surface area contributed by atoms with Crippen molar-refractivity contribution in [2.45, 2.75) is 33.6 Å². The first-order valence-corrected chi connectivity index (χ1v) is 10.9. The van der Waals surface area contributed by atoms with E-state index in [9.17, 15) is 9.18 Å². The Balaban J connectivity index is 1.78. The Morgan fingerprint density at radius 2 is 2.12 bits per heavy atom. The summed E-state index contributed by atoms with van der Waals surface area (Å²) in [6.07, 6.45) is 13.6. The molecule has 1 aromatic heterocycles. The highest BCUT2D eigenvalue weighted by Gasteiger charge is 2.21. The van der Waals surface area contributed by atoms with Crippen LogP contribution in [0.2, 0.25) is 0 Å². The third-order valence-electron chi connectivity index (χ3n) is 5.59. The lowest BCUT2D eigenvalue weighted by atomic mass is 9.83. The average Bonchev–Trinajstić information content (AvgIpc) is 2.81. The molecule has 0 saturated heterocycles. The number of ether oxygens (including phenoxy) is 1. The summed E-state index contributed by atoms with van der Waals surface area (Å²) >= 11 is 0. The number of aromatic nitrogens is 1. The van der Waals surface area contributed by atoms with Crippen LogP contribution in [0.25, 0.3) is 0 Å². The molecule has 34 heavy (non-hydrogen) atoms. The van der Waals surface area contributed by atoms with Crippen molar-refractivity contribution in [3.63, 3.8) is 0 Å². The molecular formula is C28H28FN3O2. The van der Waals surface area contributed by atoms with Crippen LogP contribution in [0, 0.1) is 23.6 Å². The van der Waals surface area contributed by atoms with Crippen molar-refractivity contribution < 1.29 is 13.9 Å². The van der Waals surface area contributed by atoms with Gasteiger partial charge in [0.05, 0.1) is 11.1 Å². The van der Waals surface area contributed by atoms with E-state index in [0.29, 0.717) is 17.3 Å². The number of nitrogens with zero attached hydrogens (tertiary/aromatic N) is 1. The number of fused-ring (bicyclic) bond motifs is 1. The summed E-state index contributed by atoms with van der Waals surface area (Å²) < 4.78 is 20.8. The summed E-state index contributed by atoms with van der Waals surface area (Å²) in [5.41, 5.74) is 2.31. The number of allylic oxidation sites excluding steroid dienone is 4. The molecule has 2 aromatic rings. The zero-order chi connectivity index (χ0) is 24.9. The number of pyridine rings is 1. The minimum absolute atomic E-state index is 0.0260. The first-order valence-electron chi connectivity index (χ1n) is 10.9. The average molecular weight is 458 g/mol. The number of hydrogen-bond acceptors (Lipinski definition) is 4. The van der Waals surface area contributed by atoms with Gasteiger partial charge in [-0.2, -0.15) is 0 Å². The third kappa shape index (κ3) is 5.44. The van der Waals surface area contributed by atoms with Crippen LogP contribution in [-0.4, -0.2) is 10.9 Å². The largest absolute Gasteiger partial charge is 0.457 e. The second kappa shape index (κ2) is 10.2. The summed E-state index contributed by atoms with van der Waals surface area (Å²) in [4.78, 5) is 17.1. The van der Waals surface area contributed by atoms with E-state index in [-0.39, 0.29) is 11.3 Å². The number of carbonyl (C=O) groups is 1. The molecule has 1 aromatic carbocycles. The van der Waals surface area contributed by atoms with E-state index >= 15 is 0 Å². The maximum Gasteiger partial charge on any atom is 0.255 e. The number of terminal acetylenes is 1. The fraction of sp³-hybridized carbons (Fsp3) is 0.214. The van der Waals surface area contributed by atoms with E-state index in [2.05, 4.69) is 34.7 Å². The smallest absolute Gasteiger partial charge is 0.255 e. The number of benzene rings is 1. The maximum atomic E-state index is 14.8. The zero-order valence-corrected chi connectivity index (χ0v) is 19.7. The van der Waals surface area contributed by atoms with Crippen LogP contribution in [0.5, 0.6) is 11.5 Å². The molecule has 0 fully saturated rings. The second-order valence-corrected chi connectivity index (χ2v) is 8.38. The molecule has 1 aliphatic rings. The van der Waals surface area contributed by atoms with Crippen LogP contribution in [0.1, 0.15) is 32.8 Å². The fourth-order valence-corrected chi connectivity index (χ4v) is 3.50. The third-order valence-corrected chi connectivity index (χ3v) is 5.59. The van der Waals surface area contributed by atoms with Crippen molar-refractivity contribution in [3.8, 4) is 23.8 Å². The van der Waals surface area contributed by atoms with Crippen LogP contribution < -0.4 is 15.4 Å². The summed E-state index contributed by atoms with van der Waals surface area (Å²) in [7, 11) is 0. The molecule has 0 aliphatic carbocycles. The monoisotopic (exact) mass is 457 g/mol. The normalized spacial score (nSPS) is 13.9. The predicted molar refractivity (Wildman–Crippen MR) is 135 cm³/mol. The molecule has 0 atom stereocenters. The lowest BCUT2D eigenvalue weighted by molar-refractivity contribution is -0.112. The molecule has 6 heteroatoms. The first-order chi connectivity index (χ1) is 16.2. The van der Waals surface area contributed by atoms with E-state index in [1.807, 2.05) is 26.8 Å². The maximum absolute atomic E-state index is 14.8. The second-order valence-electron chi connectivity index (χ2n) is 8.38. The molecule has 0 spiro atoms. The summed E-state index contributed by atoms with van der Waals surface area (Å²) in [6.45, 7) is 13.2. The Bertz CT molecular complexity index is 1250. The summed E-state index contributed by atoms with van der Waals surface area (Å²) in [6, 6.07) is 6.02. The molecule has 174 valence electrons. The zero-order valence-electron chi connectivity index (χ0n) is 19.7. The Hall–Kier alpha value is -4.11. The highest BCUT2D eigenvalue weighted by atomic mass is 19.1. The van der Waals surface area contributed by atoms with Gasteiger partial charge in [0.1, 0.15) is 23.1 Å². The van der Waals surface area contributed by atoms with Crippen LogP contribution >= 0.6 is 0 Å². The number of amides is 1. The SMILES string of the molecule is C#CC(C)(C)C(/C=C(\C=C)C(=O)Nc1ccc(Oc2ccnc3c2CCC(=C)N3)cc1F)=C/C. The molecule has 2 heterocycles. The van der Waals surface area contributed by atoms with Crippen LogP contribution in [0.4, 0.5) is 15.9 Å². The number of halogens is 1. The molecule has 1 amide bonds. The highest BCUT2D eigenvalue weighted by molar-refractivity contribution is 6.06. The number of nitrogens with one attached hydrogen (secondary N) is 2. The minimum atomic E-state index is -0.626. The van der Waals surface area contributed by atoms with Gasteiger partial charge in [0.2, 0.25) is 0 Å². The van der Waals surface area contributed by atoms with Crippen molar-refractivity contribution in [1.82, 2.24) is 4.98 Å². The van der Waals surface area contributed by atoms with Crippen LogP contribution in [0.15, 0.2) is 78.7 Å². The topological polar surface area (TPSA) is 63.2 Å². The molecule has 2 N–H and O–H groups in total. The van der Waals surface area contributed by atoms with Gasteiger partial charge in [-0.15, -0.1) is 6.42 Å². The fourth-order valence-electron chi connectivity index (χ4n) is 3.50. The van der Waals surface area contributed by atoms with Gasteiger partial charge in [-0.1, -0.05) is 31.2 Å². The molecule has 5 nitrogen and oxygen atoms in total. The van der Waals surface area contributed by atoms with E-state index < -0.39 is 17.1 Å². The van der Waals surface area contributed by atoms with Gasteiger partial charge in [0.15, 0.2) is 0 Å². The van der Waals surface area contributed by atoms with E-state index in [1.54, 1.807) is 24.4 Å². The summed E-state index contributed by atoms with van der Waals surface area (Å²) in [5.74, 6) is 3.17. The van der Waals surface area contributed by atoms with Gasteiger partial charge in [0.25, 0.3) is 5.91 Å². The van der Waals surface area contributed by atoms with Crippen LogP contribution in [-0.2, 0) is 11.2 Å². The van der Waals surface area contributed by atoms with Crippen molar-refractivity contribution in [1.29, 1.82) is 0 Å². The standard InChI is InChI=1S/C28H28FN3O2/c1-7-19(16-20(8-2)28(5,6)9-3)27(33)32-24-13-11-21(17-23(24)29)34-25-14-15-30-26-22(25)12-10-18(4)31-26/h3,7-8,11,13-17H,1,4,10,12H2,2,5-6H3,(H,30,31)(H,32,33)/b19-16+,20-8+. The summed E-state index contributed by atoms with van der Waals surface area (Å²) in [5, 5.41) is 5.73. The van der Waals surface area contributed by atoms with Crippen molar-refractivity contribution in [2.75, 3.05) is 10.6 Å². The number of anilines is 2. The molecule has 1 aliphatic heterocycles. The van der Waals surface area contributed by atoms with E-state index in [0.717, 1.165) is 29.7 Å². The van der Waals surface area contributed by atoms with Crippen molar-refractivity contribution >= 4 is 17.4 Å². The lowest BCUT2D eigenvalue weighted by Crippen LogP contribution is -2.16. The van der Waals surface area contributed by atoms with Gasteiger partial charge >= 0.3 is 0 Å². The Morgan fingerprint density at radius 3 is 2.76 bits per heavy atom. The number of hydrogen-bond donors (Lipinski definition) is 2. The molecule has 0 unspecified atom stereocenters. The van der Waals surface area contributed by atoms with Gasteiger partial charge in [-0.25, -0.2) is 9.37 Å². The Labute approximate surface area is 200 Å². The predicted octanol–water partition coefficient (Wildman–Crippen LogP) is 6.54.